The summed E-state index contributed by atoms with van der Waals surface area (Å²) in [4.78, 5) is 45.2. The number of hydrogen-bond donors (Lipinski definition) is 3. The molecule has 0 radical (unpaired) electrons. The van der Waals surface area contributed by atoms with Crippen LogP contribution in [0.3, 0.4) is 0 Å². The molecule has 3 N–H and O–H groups in total. The number of nitrogens with one attached hydrogen (secondary N) is 2. The number of carbonyl (C=O) groups excluding carboxylic acids is 3. The van der Waals surface area contributed by atoms with Crippen LogP contribution in [-0.2, 0) is 11.8 Å². The van der Waals surface area contributed by atoms with Crippen molar-refractivity contribution in [3.63, 3.8) is 0 Å². The lowest BCUT2D eigenvalue weighted by atomic mass is 9.85. The van der Waals surface area contributed by atoms with Gasteiger partial charge in [0.1, 0.15) is 11.6 Å². The van der Waals surface area contributed by atoms with Gasteiger partial charge in [0, 0.05) is 66.2 Å². The van der Waals surface area contributed by atoms with E-state index in [9.17, 15) is 23.9 Å². The number of aryl methyl sites for hydroxylation is 1. The monoisotopic (exact) mass is 641 g/mol. The Kier molecular flexibility index (Phi) is 8.94. The fourth-order valence-electron chi connectivity index (χ4n) is 6.76. The largest absolute Gasteiger partial charge is 0.390 e. The number of likely N-dealkylation sites (N-methyl/N-ethyl adjacent to an activating group) is 1. The Morgan fingerprint density at radius 1 is 1.06 bits per heavy atom. The van der Waals surface area contributed by atoms with Crippen LogP contribution in [0.25, 0.3) is 11.1 Å². The van der Waals surface area contributed by atoms with Gasteiger partial charge in [-0.1, -0.05) is 32.0 Å². The molecule has 0 fully saturated rings. The Morgan fingerprint density at radius 3 is 2.51 bits per heavy atom. The van der Waals surface area contributed by atoms with E-state index in [0.717, 1.165) is 25.2 Å². The van der Waals surface area contributed by atoms with E-state index < -0.39 is 35.6 Å². The molecule has 244 valence electrons. The number of amides is 3. The first kappa shape index (κ1) is 32.1. The van der Waals surface area contributed by atoms with Gasteiger partial charge in [0.15, 0.2) is 0 Å². The number of para-hydroxylation sites is 1. The van der Waals surface area contributed by atoms with E-state index in [1.807, 2.05) is 24.8 Å². The molecule has 0 aliphatic carbocycles. The molecule has 11 heteroatoms. The summed E-state index contributed by atoms with van der Waals surface area (Å²) in [5.41, 5.74) is 2.86. The molecule has 3 amide bonds. The highest BCUT2D eigenvalue weighted by molar-refractivity contribution is 6.10. The predicted octanol–water partition coefficient (Wildman–Crippen LogP) is 5.23. The van der Waals surface area contributed by atoms with Gasteiger partial charge < -0.3 is 25.2 Å². The molecular formula is C36H37F2N5O4. The molecule has 4 aromatic rings. The van der Waals surface area contributed by atoms with E-state index in [1.54, 1.807) is 65.2 Å². The number of aliphatic hydroxyl groups excluding tert-OH is 1. The highest BCUT2D eigenvalue weighted by Gasteiger charge is 2.42. The maximum atomic E-state index is 15.7. The van der Waals surface area contributed by atoms with Gasteiger partial charge >= 0.3 is 0 Å². The third-order valence-electron chi connectivity index (χ3n) is 9.12. The number of fused-ring (bicyclic) bond motifs is 1. The molecule has 0 saturated carbocycles. The van der Waals surface area contributed by atoms with E-state index in [-0.39, 0.29) is 41.5 Å². The molecule has 6 rings (SSSR count). The second kappa shape index (κ2) is 13.1. The van der Waals surface area contributed by atoms with E-state index in [2.05, 4.69) is 10.6 Å². The van der Waals surface area contributed by atoms with Gasteiger partial charge in [0.05, 0.1) is 23.6 Å². The lowest BCUT2D eigenvalue weighted by Crippen LogP contribution is -2.40. The number of halogens is 2. The molecule has 3 atom stereocenters. The molecule has 9 nitrogen and oxygen atoms in total. The molecule has 3 aromatic carbocycles. The van der Waals surface area contributed by atoms with Crippen molar-refractivity contribution in [3.8, 4) is 11.1 Å². The molecule has 47 heavy (non-hydrogen) atoms. The topological polar surface area (TPSA) is 107 Å². The first-order valence-electron chi connectivity index (χ1n) is 15.8. The van der Waals surface area contributed by atoms with Gasteiger partial charge in [-0.05, 0) is 67.5 Å². The number of anilines is 2. The average Bonchev–Trinajstić information content (AvgIpc) is 3.56. The van der Waals surface area contributed by atoms with Crippen molar-refractivity contribution in [3.05, 3.63) is 107 Å². The number of benzene rings is 3. The highest BCUT2D eigenvalue weighted by Crippen LogP contribution is 2.47. The lowest BCUT2D eigenvalue weighted by molar-refractivity contribution is -0.117. The summed E-state index contributed by atoms with van der Waals surface area (Å²) < 4.78 is 31.6. The first-order chi connectivity index (χ1) is 22.6. The van der Waals surface area contributed by atoms with Crippen LogP contribution < -0.4 is 15.5 Å². The molecule has 2 aliphatic rings. The second-order valence-electron chi connectivity index (χ2n) is 12.0. The number of aromatic nitrogens is 1. The van der Waals surface area contributed by atoms with Crippen molar-refractivity contribution < 1.29 is 28.3 Å². The lowest BCUT2D eigenvalue weighted by Gasteiger charge is -2.36. The molecule has 0 spiro atoms. The minimum Gasteiger partial charge on any atom is -0.390 e. The van der Waals surface area contributed by atoms with Gasteiger partial charge in [0.25, 0.3) is 11.8 Å². The van der Waals surface area contributed by atoms with Crippen LogP contribution in [0, 0.1) is 11.6 Å². The highest BCUT2D eigenvalue weighted by atomic mass is 19.1. The van der Waals surface area contributed by atoms with Gasteiger partial charge in [-0.3, -0.25) is 19.3 Å². The standard InChI is InChI=1S/C36H37F2N5O4/c1-4-42(5-2)19-24(44)18-39-34(45)28-20-41(3)33(32(28)25-13-12-22(37)16-29(25)38)31-17-27-26-15-21(11-14-30(26)40-35(27)46)36(47)43(31)23-9-7-6-8-10-23/h6-16,20,24,27,31,44H,4-5,17-19H2,1-3H3,(H,39,45)(H,40,46). The number of carbonyl (C=O) groups is 3. The van der Waals surface area contributed by atoms with Crippen LogP contribution in [-0.4, -0.2) is 64.6 Å². The van der Waals surface area contributed by atoms with E-state index in [0.29, 0.717) is 34.7 Å². The maximum absolute atomic E-state index is 15.7. The van der Waals surface area contributed by atoms with Crippen LogP contribution >= 0.6 is 0 Å². The summed E-state index contributed by atoms with van der Waals surface area (Å²) >= 11 is 0. The second-order valence-corrected chi connectivity index (χ2v) is 12.0. The zero-order chi connectivity index (χ0) is 33.4. The average molecular weight is 642 g/mol. The number of aliphatic hydroxyl groups is 1. The van der Waals surface area contributed by atoms with Crippen LogP contribution in [0.5, 0.6) is 0 Å². The Labute approximate surface area is 271 Å². The number of rotatable bonds is 10. The van der Waals surface area contributed by atoms with Gasteiger partial charge in [-0.25, -0.2) is 8.78 Å². The summed E-state index contributed by atoms with van der Waals surface area (Å²) in [6.45, 7) is 5.74. The minimum atomic E-state index is -0.886. The molecule has 2 aliphatic heterocycles. The van der Waals surface area contributed by atoms with Gasteiger partial charge in [0.2, 0.25) is 5.91 Å². The normalized spacial score (nSPS) is 17.8. The minimum absolute atomic E-state index is 0.0338. The smallest absolute Gasteiger partial charge is 0.258 e. The van der Waals surface area contributed by atoms with Crippen molar-refractivity contribution >= 4 is 29.1 Å². The molecule has 1 aromatic heterocycles. The Hall–Kier alpha value is -4.87. The summed E-state index contributed by atoms with van der Waals surface area (Å²) in [5, 5.41) is 16.3. The molecular weight excluding hydrogens is 604 g/mol. The zero-order valence-electron chi connectivity index (χ0n) is 26.5. The van der Waals surface area contributed by atoms with Crippen LogP contribution in [0.1, 0.15) is 64.2 Å². The Bertz CT molecular complexity index is 1840. The summed E-state index contributed by atoms with van der Waals surface area (Å²) in [6, 6.07) is 16.4. The number of hydrogen-bond acceptors (Lipinski definition) is 5. The Morgan fingerprint density at radius 2 is 1.81 bits per heavy atom. The van der Waals surface area contributed by atoms with Crippen molar-refractivity contribution in [1.82, 2.24) is 14.8 Å². The fraction of sp³-hybridized carbons (Fsp3) is 0.306. The van der Waals surface area contributed by atoms with Crippen molar-refractivity contribution in [2.24, 2.45) is 7.05 Å². The van der Waals surface area contributed by atoms with E-state index in [4.69, 9.17) is 0 Å². The van der Waals surface area contributed by atoms with E-state index >= 15 is 4.39 Å². The van der Waals surface area contributed by atoms with Crippen LogP contribution in [0.2, 0.25) is 0 Å². The van der Waals surface area contributed by atoms with Crippen LogP contribution in [0.4, 0.5) is 20.2 Å². The van der Waals surface area contributed by atoms with Crippen molar-refractivity contribution in [1.29, 1.82) is 0 Å². The maximum Gasteiger partial charge on any atom is 0.258 e. The zero-order valence-corrected chi connectivity index (χ0v) is 26.5. The predicted molar refractivity (Wildman–Crippen MR) is 175 cm³/mol. The van der Waals surface area contributed by atoms with Crippen molar-refractivity contribution in [2.75, 3.05) is 36.4 Å². The van der Waals surface area contributed by atoms with Gasteiger partial charge in [-0.2, -0.15) is 0 Å². The fourth-order valence-corrected chi connectivity index (χ4v) is 6.76. The molecule has 3 unspecified atom stereocenters. The van der Waals surface area contributed by atoms with Gasteiger partial charge in [-0.15, -0.1) is 0 Å². The first-order valence-corrected chi connectivity index (χ1v) is 15.8. The Balaban J connectivity index is 1.51. The van der Waals surface area contributed by atoms with E-state index in [1.165, 1.54) is 6.07 Å². The third kappa shape index (κ3) is 6.04. The summed E-state index contributed by atoms with van der Waals surface area (Å²) in [5.74, 6) is -3.44. The summed E-state index contributed by atoms with van der Waals surface area (Å²) in [7, 11) is 1.69. The summed E-state index contributed by atoms with van der Waals surface area (Å²) in [6.07, 6.45) is 0.819. The van der Waals surface area contributed by atoms with Crippen molar-refractivity contribution in [2.45, 2.75) is 38.3 Å². The molecule has 3 heterocycles. The SMILES string of the molecule is CCN(CC)CC(O)CNC(=O)c1cn(C)c(C2CC3C(=O)Nc4ccc(cc43)C(=O)N2c2ccccc2)c1-c1ccc(F)cc1F. The molecule has 0 saturated heterocycles. The number of nitrogens with zero attached hydrogens (tertiary/aromatic N) is 3. The van der Waals surface area contributed by atoms with Crippen LogP contribution in [0.15, 0.2) is 72.9 Å². The third-order valence-corrected chi connectivity index (χ3v) is 9.12. The molecule has 2 bridgehead atoms. The quantitative estimate of drug-likeness (QED) is 0.220.